The monoisotopic (exact) mass is 536 g/mol. The van der Waals surface area contributed by atoms with Crippen LogP contribution in [0.4, 0.5) is 0 Å². The van der Waals surface area contributed by atoms with Crippen LogP contribution in [-0.2, 0) is 0 Å². The first kappa shape index (κ1) is 24.6. The molecule has 0 saturated heterocycles. The van der Waals surface area contributed by atoms with E-state index in [9.17, 15) is 35.1 Å². The molecular formula is C31H20O9. The molecule has 5 N–H and O–H groups in total. The summed E-state index contributed by atoms with van der Waals surface area (Å²) in [6, 6.07) is 17.1. The van der Waals surface area contributed by atoms with Gasteiger partial charge in [0.2, 0.25) is 0 Å². The fourth-order valence-corrected chi connectivity index (χ4v) is 4.70. The second-order valence-corrected chi connectivity index (χ2v) is 9.38. The van der Waals surface area contributed by atoms with Crippen LogP contribution in [0.2, 0.25) is 0 Å². The van der Waals surface area contributed by atoms with Gasteiger partial charge in [0.1, 0.15) is 62.2 Å². The predicted molar refractivity (Wildman–Crippen MR) is 148 cm³/mol. The molecule has 0 aliphatic rings. The molecule has 0 fully saturated rings. The Hall–Kier alpha value is -5.70. The molecule has 2 heterocycles. The van der Waals surface area contributed by atoms with E-state index in [-0.39, 0.29) is 61.6 Å². The van der Waals surface area contributed by atoms with Gasteiger partial charge >= 0.3 is 0 Å². The maximum Gasteiger partial charge on any atom is 0.197 e. The highest BCUT2D eigenvalue weighted by Crippen LogP contribution is 2.46. The van der Waals surface area contributed by atoms with Crippen molar-refractivity contribution in [1.82, 2.24) is 0 Å². The Morgan fingerprint density at radius 3 is 1.88 bits per heavy atom. The van der Waals surface area contributed by atoms with E-state index in [0.717, 1.165) is 17.7 Å². The van der Waals surface area contributed by atoms with Crippen molar-refractivity contribution < 1.29 is 34.4 Å². The maximum atomic E-state index is 13.1. The lowest BCUT2D eigenvalue weighted by molar-refractivity contribution is 0.450. The minimum Gasteiger partial charge on any atom is -0.508 e. The zero-order valence-electron chi connectivity index (χ0n) is 20.8. The second kappa shape index (κ2) is 8.95. The third-order valence-electron chi connectivity index (χ3n) is 6.65. The summed E-state index contributed by atoms with van der Waals surface area (Å²) >= 11 is 0. The molecule has 0 spiro atoms. The van der Waals surface area contributed by atoms with E-state index in [4.69, 9.17) is 8.83 Å². The highest BCUT2D eigenvalue weighted by Gasteiger charge is 2.22. The summed E-state index contributed by atoms with van der Waals surface area (Å²) in [5, 5.41) is 52.2. The van der Waals surface area contributed by atoms with Gasteiger partial charge in [-0.25, -0.2) is 0 Å². The third kappa shape index (κ3) is 3.97. The molecule has 0 atom stereocenters. The predicted octanol–water partition coefficient (Wildman–Crippen LogP) is 5.74. The van der Waals surface area contributed by atoms with E-state index in [1.165, 1.54) is 36.4 Å². The minimum absolute atomic E-state index is 0.0192. The molecule has 0 radical (unpaired) electrons. The number of phenolic OH excluding ortho intramolecular Hbond substituents is 5. The number of hydrogen-bond donors (Lipinski definition) is 5. The van der Waals surface area contributed by atoms with Crippen LogP contribution in [0.15, 0.2) is 91.2 Å². The van der Waals surface area contributed by atoms with E-state index >= 15 is 0 Å². The normalized spacial score (nSPS) is 11.3. The van der Waals surface area contributed by atoms with Crippen molar-refractivity contribution in [2.45, 2.75) is 6.92 Å². The summed E-state index contributed by atoms with van der Waals surface area (Å²) in [6.07, 6.45) is 0. The number of benzene rings is 4. The van der Waals surface area contributed by atoms with Gasteiger partial charge in [-0.1, -0.05) is 29.8 Å². The van der Waals surface area contributed by atoms with Crippen molar-refractivity contribution in [2.24, 2.45) is 0 Å². The van der Waals surface area contributed by atoms with Gasteiger partial charge in [0, 0.05) is 47.0 Å². The Kier molecular flexibility index (Phi) is 5.51. The van der Waals surface area contributed by atoms with E-state index in [2.05, 4.69) is 0 Å². The lowest BCUT2D eigenvalue weighted by Gasteiger charge is -2.14. The fourth-order valence-electron chi connectivity index (χ4n) is 4.70. The summed E-state index contributed by atoms with van der Waals surface area (Å²) in [5.41, 5.74) is 0.345. The molecule has 6 rings (SSSR count). The van der Waals surface area contributed by atoms with Gasteiger partial charge in [-0.3, -0.25) is 9.59 Å². The molecule has 9 nitrogen and oxygen atoms in total. The number of aromatic hydroxyl groups is 5. The van der Waals surface area contributed by atoms with Crippen molar-refractivity contribution in [3.63, 3.8) is 0 Å². The maximum absolute atomic E-state index is 13.1. The average molecular weight is 536 g/mol. The third-order valence-corrected chi connectivity index (χ3v) is 6.65. The van der Waals surface area contributed by atoms with Crippen molar-refractivity contribution >= 4 is 21.9 Å². The Morgan fingerprint density at radius 2 is 1.18 bits per heavy atom. The zero-order chi connectivity index (χ0) is 28.3. The molecule has 9 heteroatoms. The quantitative estimate of drug-likeness (QED) is 0.190. The van der Waals surface area contributed by atoms with Crippen LogP contribution in [0, 0.1) is 6.92 Å². The number of phenols is 5. The van der Waals surface area contributed by atoms with Gasteiger partial charge in [-0.15, -0.1) is 0 Å². The molecule has 0 unspecified atom stereocenters. The Bertz CT molecular complexity index is 2100. The van der Waals surface area contributed by atoms with Gasteiger partial charge in [0.25, 0.3) is 0 Å². The summed E-state index contributed by atoms with van der Waals surface area (Å²) in [5.74, 6) is -1.92. The molecule has 198 valence electrons. The standard InChI is InChI=1S/C31H20O9/c1-14-2-4-15(5-3-14)24-12-23(37)30-27(39-24)13-21(35)28(31(30)38)18-8-16(6-7-19(18)33)25-11-22(36)29-20(34)9-17(32)10-26(29)40-25/h2-13,32-35,38H,1H3. The average Bonchev–Trinajstić information content (AvgIpc) is 2.89. The van der Waals surface area contributed by atoms with Gasteiger partial charge in [-0.05, 0) is 25.1 Å². The van der Waals surface area contributed by atoms with Crippen LogP contribution < -0.4 is 10.9 Å². The number of fused-ring (bicyclic) bond motifs is 2. The second-order valence-electron chi connectivity index (χ2n) is 9.38. The van der Waals surface area contributed by atoms with Gasteiger partial charge in [-0.2, -0.15) is 0 Å². The van der Waals surface area contributed by atoms with Gasteiger partial charge < -0.3 is 34.4 Å². The van der Waals surface area contributed by atoms with Gasteiger partial charge in [0.05, 0.1) is 5.56 Å². The number of aryl methyl sites for hydroxylation is 1. The molecule has 0 bridgehead atoms. The fraction of sp³-hybridized carbons (Fsp3) is 0.0323. The largest absolute Gasteiger partial charge is 0.508 e. The van der Waals surface area contributed by atoms with Crippen LogP contribution in [0.1, 0.15) is 5.56 Å². The van der Waals surface area contributed by atoms with Crippen LogP contribution in [0.3, 0.4) is 0 Å². The summed E-state index contributed by atoms with van der Waals surface area (Å²) in [6.45, 7) is 1.92. The smallest absolute Gasteiger partial charge is 0.197 e. The van der Waals surface area contributed by atoms with Crippen LogP contribution in [0.25, 0.3) is 55.7 Å². The molecular weight excluding hydrogens is 516 g/mol. The molecule has 0 amide bonds. The molecule has 6 aromatic rings. The zero-order valence-corrected chi connectivity index (χ0v) is 20.8. The highest BCUT2D eigenvalue weighted by atomic mass is 16.3. The van der Waals surface area contributed by atoms with Crippen molar-refractivity contribution in [1.29, 1.82) is 0 Å². The highest BCUT2D eigenvalue weighted by molar-refractivity contribution is 5.97. The molecule has 0 aliphatic carbocycles. The lowest BCUT2D eigenvalue weighted by atomic mass is 9.96. The summed E-state index contributed by atoms with van der Waals surface area (Å²) < 4.78 is 11.6. The molecule has 0 aliphatic heterocycles. The SMILES string of the molecule is Cc1ccc(-c2cc(=O)c3c(O)c(-c4cc(-c5cc(=O)c6c(O)cc(O)cc6o5)ccc4O)c(O)cc3o2)cc1. The molecule has 40 heavy (non-hydrogen) atoms. The van der Waals surface area contributed by atoms with E-state index < -0.39 is 28.1 Å². The van der Waals surface area contributed by atoms with E-state index in [1.807, 2.05) is 19.1 Å². The molecule has 4 aromatic carbocycles. The van der Waals surface area contributed by atoms with Crippen LogP contribution >= 0.6 is 0 Å². The summed E-state index contributed by atoms with van der Waals surface area (Å²) in [4.78, 5) is 25.8. The van der Waals surface area contributed by atoms with Crippen molar-refractivity contribution in [2.75, 3.05) is 0 Å². The Labute approximate surface area is 224 Å². The minimum atomic E-state index is -0.610. The van der Waals surface area contributed by atoms with Crippen LogP contribution in [0.5, 0.6) is 28.7 Å². The first-order valence-corrected chi connectivity index (χ1v) is 12.0. The Morgan fingerprint density at radius 1 is 0.575 bits per heavy atom. The lowest BCUT2D eigenvalue weighted by Crippen LogP contribution is -2.02. The van der Waals surface area contributed by atoms with Crippen molar-refractivity contribution in [3.05, 3.63) is 98.8 Å². The first-order chi connectivity index (χ1) is 19.1. The van der Waals surface area contributed by atoms with Crippen molar-refractivity contribution in [3.8, 4) is 62.5 Å². The number of hydrogen-bond acceptors (Lipinski definition) is 9. The topological polar surface area (TPSA) is 162 Å². The number of rotatable bonds is 3. The summed E-state index contributed by atoms with van der Waals surface area (Å²) in [7, 11) is 0. The van der Waals surface area contributed by atoms with E-state index in [0.29, 0.717) is 5.56 Å². The van der Waals surface area contributed by atoms with Crippen LogP contribution in [-0.4, -0.2) is 25.5 Å². The van der Waals surface area contributed by atoms with Gasteiger partial charge in [0.15, 0.2) is 10.9 Å². The molecule has 0 saturated carbocycles. The Balaban J connectivity index is 1.53. The van der Waals surface area contributed by atoms with E-state index in [1.54, 1.807) is 12.1 Å². The first-order valence-electron chi connectivity index (χ1n) is 12.0. The molecule has 2 aromatic heterocycles.